The molecule has 0 saturated carbocycles. The van der Waals surface area contributed by atoms with E-state index in [2.05, 4.69) is 15.3 Å². The van der Waals surface area contributed by atoms with Crippen molar-refractivity contribution in [1.29, 1.82) is 0 Å². The molecule has 0 saturated heterocycles. The molecule has 1 aromatic rings. The molecule has 0 spiro atoms. The lowest BCUT2D eigenvalue weighted by atomic mass is 9.91. The summed E-state index contributed by atoms with van der Waals surface area (Å²) in [5, 5.41) is 12.0. The van der Waals surface area contributed by atoms with E-state index in [0.717, 1.165) is 0 Å². The first-order chi connectivity index (χ1) is 9.65. The van der Waals surface area contributed by atoms with E-state index in [0.29, 0.717) is 12.2 Å². The fourth-order valence-electron chi connectivity index (χ4n) is 1.80. The first-order valence-corrected chi connectivity index (χ1v) is 7.16. The highest BCUT2D eigenvalue weighted by atomic mass is 16.3. The summed E-state index contributed by atoms with van der Waals surface area (Å²) in [4.78, 5) is 30.0. The molecule has 6 nitrogen and oxygen atoms in total. The van der Waals surface area contributed by atoms with E-state index in [1.807, 2.05) is 34.6 Å². The highest BCUT2D eigenvalue weighted by Gasteiger charge is 2.19. The van der Waals surface area contributed by atoms with Crippen molar-refractivity contribution < 1.29 is 9.90 Å². The van der Waals surface area contributed by atoms with E-state index in [4.69, 9.17) is 0 Å². The molecular formula is C15H25N3O3. The number of H-pyrrole nitrogens is 1. The number of hydrogen-bond donors (Lipinski definition) is 3. The summed E-state index contributed by atoms with van der Waals surface area (Å²) in [6.45, 7) is 10.2. The number of aliphatic hydroxyl groups excluding tert-OH is 1. The fourth-order valence-corrected chi connectivity index (χ4v) is 1.80. The lowest BCUT2D eigenvalue weighted by Gasteiger charge is -2.20. The third-order valence-electron chi connectivity index (χ3n) is 3.49. The first-order valence-electron chi connectivity index (χ1n) is 7.16. The van der Waals surface area contributed by atoms with Crippen molar-refractivity contribution in [2.75, 3.05) is 13.2 Å². The Balaban J connectivity index is 2.88. The molecule has 1 aromatic heterocycles. The molecule has 0 aliphatic rings. The van der Waals surface area contributed by atoms with Gasteiger partial charge >= 0.3 is 5.69 Å². The normalized spacial score (nSPS) is 13.3. The van der Waals surface area contributed by atoms with E-state index in [-0.39, 0.29) is 29.6 Å². The number of nitrogens with one attached hydrogen (secondary N) is 2. The maximum atomic E-state index is 12.1. The highest BCUT2D eigenvalue weighted by Crippen LogP contribution is 2.18. The lowest BCUT2D eigenvalue weighted by Crippen LogP contribution is -2.35. The zero-order valence-corrected chi connectivity index (χ0v) is 13.4. The standard InChI is InChI=1S/C15H25N3O3/c1-9(2)10(8-19)7-16-13(20)11-6-12(15(3,4)5)18-14(21)17-11/h6,9-10,19H,7-8H2,1-5H3,(H,16,20)(H,17,18,21)/t10-/m1/s1. The minimum absolute atomic E-state index is 0.00793. The van der Waals surface area contributed by atoms with Crippen LogP contribution in [-0.4, -0.2) is 34.1 Å². The molecule has 0 bridgehead atoms. The van der Waals surface area contributed by atoms with Crippen LogP contribution in [-0.2, 0) is 5.41 Å². The third-order valence-corrected chi connectivity index (χ3v) is 3.49. The summed E-state index contributed by atoms with van der Waals surface area (Å²) in [5.41, 5.74) is -0.0441. The molecule has 118 valence electrons. The van der Waals surface area contributed by atoms with Crippen LogP contribution in [0.2, 0.25) is 0 Å². The molecule has 1 rings (SSSR count). The van der Waals surface area contributed by atoms with Gasteiger partial charge in [0.1, 0.15) is 5.69 Å². The molecule has 0 aliphatic carbocycles. The SMILES string of the molecule is CC(C)[C@@H](CO)CNC(=O)c1cc(C(C)(C)C)[nH]c(=O)n1. The van der Waals surface area contributed by atoms with E-state index >= 15 is 0 Å². The van der Waals surface area contributed by atoms with Gasteiger partial charge in [-0.15, -0.1) is 0 Å². The number of amides is 1. The van der Waals surface area contributed by atoms with Gasteiger partial charge in [-0.3, -0.25) is 4.79 Å². The van der Waals surface area contributed by atoms with Crippen LogP contribution in [0.5, 0.6) is 0 Å². The minimum Gasteiger partial charge on any atom is -0.396 e. The second kappa shape index (κ2) is 6.85. The molecular weight excluding hydrogens is 270 g/mol. The molecule has 0 fully saturated rings. The van der Waals surface area contributed by atoms with E-state index in [9.17, 15) is 14.7 Å². The zero-order valence-electron chi connectivity index (χ0n) is 13.4. The fraction of sp³-hybridized carbons (Fsp3) is 0.667. The molecule has 21 heavy (non-hydrogen) atoms. The van der Waals surface area contributed by atoms with Crippen molar-refractivity contribution in [2.45, 2.75) is 40.0 Å². The number of carbonyl (C=O) groups excluding carboxylic acids is 1. The summed E-state index contributed by atoms with van der Waals surface area (Å²) < 4.78 is 0. The summed E-state index contributed by atoms with van der Waals surface area (Å²) in [6, 6.07) is 1.60. The summed E-state index contributed by atoms with van der Waals surface area (Å²) >= 11 is 0. The van der Waals surface area contributed by atoms with E-state index < -0.39 is 11.6 Å². The maximum Gasteiger partial charge on any atom is 0.345 e. The van der Waals surface area contributed by atoms with Gasteiger partial charge in [0, 0.05) is 30.2 Å². The van der Waals surface area contributed by atoms with Gasteiger partial charge in [0.25, 0.3) is 5.91 Å². The summed E-state index contributed by atoms with van der Waals surface area (Å²) in [7, 11) is 0. The average Bonchev–Trinajstić information content (AvgIpc) is 2.37. The number of aromatic amines is 1. The molecule has 1 atom stereocenters. The molecule has 0 radical (unpaired) electrons. The Labute approximate surface area is 125 Å². The third kappa shape index (κ3) is 4.97. The molecule has 0 aliphatic heterocycles. The van der Waals surface area contributed by atoms with Crippen LogP contribution in [0.15, 0.2) is 10.9 Å². The second-order valence-corrected chi connectivity index (χ2v) is 6.63. The van der Waals surface area contributed by atoms with Crippen molar-refractivity contribution >= 4 is 5.91 Å². The molecule has 3 N–H and O–H groups in total. The van der Waals surface area contributed by atoms with Gasteiger partial charge < -0.3 is 15.4 Å². The van der Waals surface area contributed by atoms with Gasteiger partial charge in [-0.05, 0) is 12.0 Å². The number of nitrogens with zero attached hydrogens (tertiary/aromatic N) is 1. The Morgan fingerprint density at radius 3 is 2.52 bits per heavy atom. The molecule has 1 amide bonds. The largest absolute Gasteiger partial charge is 0.396 e. The average molecular weight is 295 g/mol. The Morgan fingerprint density at radius 1 is 1.43 bits per heavy atom. The molecule has 1 heterocycles. The van der Waals surface area contributed by atoms with Crippen LogP contribution < -0.4 is 11.0 Å². The summed E-state index contributed by atoms with van der Waals surface area (Å²) in [5.74, 6) is -0.156. The van der Waals surface area contributed by atoms with Crippen LogP contribution in [0.3, 0.4) is 0 Å². The van der Waals surface area contributed by atoms with Crippen molar-refractivity contribution in [3.8, 4) is 0 Å². The van der Waals surface area contributed by atoms with Crippen molar-refractivity contribution in [2.24, 2.45) is 11.8 Å². The smallest absolute Gasteiger partial charge is 0.345 e. The lowest BCUT2D eigenvalue weighted by molar-refractivity contribution is 0.0925. The predicted octanol–water partition coefficient (Wildman–Crippen LogP) is 1.06. The highest BCUT2D eigenvalue weighted by molar-refractivity contribution is 5.92. The van der Waals surface area contributed by atoms with E-state index in [1.54, 1.807) is 6.07 Å². The van der Waals surface area contributed by atoms with Gasteiger partial charge in [0.05, 0.1) is 0 Å². The van der Waals surface area contributed by atoms with Crippen molar-refractivity contribution in [1.82, 2.24) is 15.3 Å². The van der Waals surface area contributed by atoms with Gasteiger partial charge in [0.2, 0.25) is 0 Å². The van der Waals surface area contributed by atoms with Gasteiger partial charge in [-0.2, -0.15) is 4.98 Å². The Bertz CT molecular complexity index is 544. The molecule has 0 unspecified atom stereocenters. The number of carbonyl (C=O) groups is 1. The number of aliphatic hydroxyl groups is 1. The van der Waals surface area contributed by atoms with Gasteiger partial charge in [-0.1, -0.05) is 34.6 Å². The van der Waals surface area contributed by atoms with Crippen molar-refractivity contribution in [3.63, 3.8) is 0 Å². The van der Waals surface area contributed by atoms with E-state index in [1.165, 1.54) is 0 Å². The van der Waals surface area contributed by atoms with Crippen LogP contribution >= 0.6 is 0 Å². The number of hydrogen-bond acceptors (Lipinski definition) is 4. The number of aromatic nitrogens is 2. The van der Waals surface area contributed by atoms with Crippen LogP contribution in [0.4, 0.5) is 0 Å². The summed E-state index contributed by atoms with van der Waals surface area (Å²) in [6.07, 6.45) is 0. The zero-order chi connectivity index (χ0) is 16.2. The number of rotatable bonds is 5. The van der Waals surface area contributed by atoms with Gasteiger partial charge in [0.15, 0.2) is 0 Å². The van der Waals surface area contributed by atoms with Crippen molar-refractivity contribution in [3.05, 3.63) is 27.9 Å². The predicted molar refractivity (Wildman–Crippen MR) is 81.3 cm³/mol. The maximum absolute atomic E-state index is 12.1. The molecule has 6 heteroatoms. The first kappa shape index (κ1) is 17.4. The Hall–Kier alpha value is -1.69. The second-order valence-electron chi connectivity index (χ2n) is 6.63. The van der Waals surface area contributed by atoms with Crippen LogP contribution in [0, 0.1) is 11.8 Å². The van der Waals surface area contributed by atoms with Crippen LogP contribution in [0.1, 0.15) is 50.8 Å². The Morgan fingerprint density at radius 2 is 2.05 bits per heavy atom. The topological polar surface area (TPSA) is 95.1 Å². The van der Waals surface area contributed by atoms with Crippen LogP contribution in [0.25, 0.3) is 0 Å². The monoisotopic (exact) mass is 295 g/mol. The quantitative estimate of drug-likeness (QED) is 0.757. The molecule has 0 aromatic carbocycles. The Kier molecular flexibility index (Phi) is 5.66. The van der Waals surface area contributed by atoms with Gasteiger partial charge in [-0.25, -0.2) is 4.79 Å². The minimum atomic E-state index is -0.532.